The lowest BCUT2D eigenvalue weighted by Gasteiger charge is -2.16. The van der Waals surface area contributed by atoms with Crippen molar-refractivity contribution in [2.45, 2.75) is 39.2 Å². The second-order valence-corrected chi connectivity index (χ2v) is 3.69. The number of H-pyrrole nitrogens is 1. The Bertz CT molecular complexity index is 279. The van der Waals surface area contributed by atoms with Crippen LogP contribution in [0.4, 0.5) is 0 Å². The van der Waals surface area contributed by atoms with Gasteiger partial charge in [-0.2, -0.15) is 5.10 Å². The molecule has 0 bridgehead atoms. The predicted molar refractivity (Wildman–Crippen MR) is 61.5 cm³/mol. The fourth-order valence-electron chi connectivity index (χ4n) is 1.40. The lowest BCUT2D eigenvalue weighted by Crippen LogP contribution is -2.23. The van der Waals surface area contributed by atoms with E-state index in [2.05, 4.69) is 40.9 Å². The number of nitrogens with zero attached hydrogens (tertiary/aromatic N) is 2. The summed E-state index contributed by atoms with van der Waals surface area (Å²) in [6.07, 6.45) is 4.60. The molecule has 1 aromatic heterocycles. The summed E-state index contributed by atoms with van der Waals surface area (Å²) in [5.41, 5.74) is 1.24. The largest absolute Gasteiger partial charge is 0.307 e. The Kier molecular flexibility index (Phi) is 5.04. The molecule has 4 nitrogen and oxygen atoms in total. The number of hydrogen-bond acceptors (Lipinski definition) is 3. The van der Waals surface area contributed by atoms with Gasteiger partial charge in [-0.1, -0.05) is 26.0 Å². The van der Waals surface area contributed by atoms with Crippen LogP contribution in [0.2, 0.25) is 0 Å². The van der Waals surface area contributed by atoms with Gasteiger partial charge in [-0.25, -0.2) is 4.98 Å². The van der Waals surface area contributed by atoms with Crippen molar-refractivity contribution in [3.05, 3.63) is 24.3 Å². The minimum atomic E-state index is 0.222. The number of nitrogens with one attached hydrogen (secondary N) is 2. The normalized spacial score (nSPS) is 12.7. The molecule has 1 aromatic rings. The Morgan fingerprint density at radius 2 is 2.40 bits per heavy atom. The summed E-state index contributed by atoms with van der Waals surface area (Å²) in [4.78, 5) is 4.19. The van der Waals surface area contributed by atoms with Crippen LogP contribution in [-0.2, 0) is 0 Å². The van der Waals surface area contributed by atoms with E-state index in [1.807, 2.05) is 0 Å². The third-order valence-electron chi connectivity index (χ3n) is 2.40. The second kappa shape index (κ2) is 6.35. The summed E-state index contributed by atoms with van der Waals surface area (Å²) >= 11 is 0. The van der Waals surface area contributed by atoms with E-state index in [-0.39, 0.29) is 6.04 Å². The Balaban J connectivity index is 2.57. The van der Waals surface area contributed by atoms with E-state index in [1.54, 1.807) is 6.33 Å². The van der Waals surface area contributed by atoms with Crippen molar-refractivity contribution < 1.29 is 0 Å². The average molecular weight is 208 g/mol. The number of aromatic amines is 1. The van der Waals surface area contributed by atoms with Crippen molar-refractivity contribution >= 4 is 0 Å². The molecule has 15 heavy (non-hydrogen) atoms. The molecule has 0 aliphatic heterocycles. The van der Waals surface area contributed by atoms with Crippen LogP contribution in [-0.4, -0.2) is 21.7 Å². The standard InChI is InChI=1S/C11H20N4/c1-4-6-12-10(7-9(3)5-2)11-13-8-14-15-11/h8,10,12H,3-7H2,1-2H3,(H,13,14,15). The third-order valence-corrected chi connectivity index (χ3v) is 2.40. The highest BCUT2D eigenvalue weighted by Gasteiger charge is 2.13. The maximum Gasteiger partial charge on any atom is 0.141 e. The Hall–Kier alpha value is -1.16. The molecule has 0 aliphatic carbocycles. The lowest BCUT2D eigenvalue weighted by atomic mass is 10.1. The highest BCUT2D eigenvalue weighted by molar-refractivity contribution is 5.02. The number of rotatable bonds is 7. The fraction of sp³-hybridized carbons (Fsp3) is 0.636. The summed E-state index contributed by atoms with van der Waals surface area (Å²) in [5, 5.41) is 10.2. The molecule has 0 aliphatic rings. The van der Waals surface area contributed by atoms with E-state index < -0.39 is 0 Å². The fourth-order valence-corrected chi connectivity index (χ4v) is 1.40. The highest BCUT2D eigenvalue weighted by Crippen LogP contribution is 2.18. The minimum Gasteiger partial charge on any atom is -0.307 e. The van der Waals surface area contributed by atoms with E-state index in [9.17, 15) is 0 Å². The van der Waals surface area contributed by atoms with Gasteiger partial charge in [0.15, 0.2) is 0 Å². The molecule has 0 spiro atoms. The third kappa shape index (κ3) is 3.83. The molecule has 1 unspecified atom stereocenters. The van der Waals surface area contributed by atoms with Crippen LogP contribution in [0, 0.1) is 0 Å². The van der Waals surface area contributed by atoms with Crippen LogP contribution in [0.5, 0.6) is 0 Å². The Morgan fingerprint density at radius 3 is 2.93 bits per heavy atom. The number of hydrogen-bond donors (Lipinski definition) is 2. The molecule has 0 amide bonds. The summed E-state index contributed by atoms with van der Waals surface area (Å²) in [7, 11) is 0. The molecule has 84 valence electrons. The summed E-state index contributed by atoms with van der Waals surface area (Å²) in [5.74, 6) is 0.901. The molecule has 1 heterocycles. The van der Waals surface area contributed by atoms with Gasteiger partial charge in [0, 0.05) is 0 Å². The second-order valence-electron chi connectivity index (χ2n) is 3.69. The first kappa shape index (κ1) is 11.9. The van der Waals surface area contributed by atoms with Crippen LogP contribution in [0.15, 0.2) is 18.5 Å². The summed E-state index contributed by atoms with van der Waals surface area (Å²) in [6, 6.07) is 0.222. The van der Waals surface area contributed by atoms with Gasteiger partial charge in [0.1, 0.15) is 12.2 Å². The molecular weight excluding hydrogens is 188 g/mol. The highest BCUT2D eigenvalue weighted by atomic mass is 15.2. The SMILES string of the molecule is C=C(CC)CC(NCCC)c1ncn[nH]1. The average Bonchev–Trinajstić information content (AvgIpc) is 2.77. The van der Waals surface area contributed by atoms with Crippen molar-refractivity contribution in [1.82, 2.24) is 20.5 Å². The predicted octanol–water partition coefficient (Wildman–Crippen LogP) is 2.20. The van der Waals surface area contributed by atoms with E-state index in [0.29, 0.717) is 0 Å². The molecule has 0 saturated carbocycles. The van der Waals surface area contributed by atoms with Crippen molar-refractivity contribution in [3.8, 4) is 0 Å². The molecule has 0 fully saturated rings. The molecule has 4 heteroatoms. The van der Waals surface area contributed by atoms with Gasteiger partial charge >= 0.3 is 0 Å². The summed E-state index contributed by atoms with van der Waals surface area (Å²) in [6.45, 7) is 9.29. The maximum absolute atomic E-state index is 4.19. The van der Waals surface area contributed by atoms with Gasteiger partial charge in [0.25, 0.3) is 0 Å². The quantitative estimate of drug-likeness (QED) is 0.675. The first-order chi connectivity index (χ1) is 7.27. The molecule has 1 rings (SSSR count). The molecule has 0 aromatic carbocycles. The van der Waals surface area contributed by atoms with Gasteiger partial charge in [-0.15, -0.1) is 0 Å². The monoisotopic (exact) mass is 208 g/mol. The molecule has 1 atom stereocenters. The first-order valence-electron chi connectivity index (χ1n) is 5.53. The molecular formula is C11H20N4. The van der Waals surface area contributed by atoms with Crippen molar-refractivity contribution in [1.29, 1.82) is 0 Å². The van der Waals surface area contributed by atoms with Crippen LogP contribution in [0.3, 0.4) is 0 Å². The van der Waals surface area contributed by atoms with E-state index >= 15 is 0 Å². The van der Waals surface area contributed by atoms with Gasteiger partial charge < -0.3 is 5.32 Å². The van der Waals surface area contributed by atoms with Crippen molar-refractivity contribution in [2.75, 3.05) is 6.54 Å². The first-order valence-corrected chi connectivity index (χ1v) is 5.53. The van der Waals surface area contributed by atoms with E-state index in [0.717, 1.165) is 31.6 Å². The van der Waals surface area contributed by atoms with Crippen LogP contribution < -0.4 is 5.32 Å². The Morgan fingerprint density at radius 1 is 1.60 bits per heavy atom. The zero-order chi connectivity index (χ0) is 11.1. The Labute approximate surface area is 91.2 Å². The zero-order valence-electron chi connectivity index (χ0n) is 9.58. The van der Waals surface area contributed by atoms with Crippen LogP contribution in [0.25, 0.3) is 0 Å². The van der Waals surface area contributed by atoms with Crippen LogP contribution in [0.1, 0.15) is 45.0 Å². The van der Waals surface area contributed by atoms with Gasteiger partial charge in [-0.3, -0.25) is 5.10 Å². The van der Waals surface area contributed by atoms with Gasteiger partial charge in [0.2, 0.25) is 0 Å². The zero-order valence-corrected chi connectivity index (χ0v) is 9.58. The van der Waals surface area contributed by atoms with Gasteiger partial charge in [0.05, 0.1) is 6.04 Å². The molecule has 0 saturated heterocycles. The van der Waals surface area contributed by atoms with Gasteiger partial charge in [-0.05, 0) is 25.8 Å². The topological polar surface area (TPSA) is 53.6 Å². The van der Waals surface area contributed by atoms with Crippen molar-refractivity contribution in [2.24, 2.45) is 0 Å². The molecule has 2 N–H and O–H groups in total. The smallest absolute Gasteiger partial charge is 0.141 e. The van der Waals surface area contributed by atoms with E-state index in [1.165, 1.54) is 5.57 Å². The minimum absolute atomic E-state index is 0.222. The lowest BCUT2D eigenvalue weighted by molar-refractivity contribution is 0.501. The van der Waals surface area contributed by atoms with E-state index in [4.69, 9.17) is 0 Å². The molecule has 0 radical (unpaired) electrons. The summed E-state index contributed by atoms with van der Waals surface area (Å²) < 4.78 is 0. The van der Waals surface area contributed by atoms with Crippen molar-refractivity contribution in [3.63, 3.8) is 0 Å². The number of aromatic nitrogens is 3. The maximum atomic E-state index is 4.19. The van der Waals surface area contributed by atoms with Crippen LogP contribution >= 0.6 is 0 Å².